The Hall–Kier alpha value is -1.61. The second kappa shape index (κ2) is 5.72. The zero-order valence-corrected chi connectivity index (χ0v) is 17.4. The number of fused-ring (bicyclic) bond motifs is 9. The number of hydrogen-bond donors (Lipinski definition) is 2. The van der Waals surface area contributed by atoms with Gasteiger partial charge >= 0.3 is 10.8 Å². The van der Waals surface area contributed by atoms with Crippen molar-refractivity contribution >= 4 is 40.9 Å². The molecule has 2 saturated carbocycles. The van der Waals surface area contributed by atoms with Gasteiger partial charge in [-0.3, -0.25) is 19.3 Å². The summed E-state index contributed by atoms with van der Waals surface area (Å²) in [4.78, 5) is 54.6. The minimum absolute atomic E-state index is 0.0508. The number of hydrogen-bond acceptors (Lipinski definition) is 6. The summed E-state index contributed by atoms with van der Waals surface area (Å²) in [7, 11) is 0. The maximum atomic E-state index is 13.1. The number of carbonyl (C=O) groups is 3. The number of likely N-dealkylation sites (tertiary alicyclic amines) is 1. The Bertz CT molecular complexity index is 970. The molecule has 2 bridgehead atoms. The highest BCUT2D eigenvalue weighted by Crippen LogP contribution is 2.69. The van der Waals surface area contributed by atoms with Crippen LogP contribution in [-0.4, -0.2) is 44.1 Å². The van der Waals surface area contributed by atoms with Crippen molar-refractivity contribution < 1.29 is 19.5 Å². The second-order valence-electron chi connectivity index (χ2n) is 8.73. The molecular weight excluding hydrogens is 400 g/mol. The average Bonchev–Trinajstić information content (AvgIpc) is 3.36. The number of nitrogens with one attached hydrogen (secondary N) is 1. The zero-order valence-electron chi connectivity index (χ0n) is 15.8. The minimum atomic E-state index is -1.15. The molecule has 150 valence electrons. The van der Waals surface area contributed by atoms with E-state index in [0.717, 1.165) is 27.6 Å². The normalized spacial score (nSPS) is 41.8. The van der Waals surface area contributed by atoms with E-state index < -0.39 is 23.8 Å². The summed E-state index contributed by atoms with van der Waals surface area (Å²) in [6.45, 7) is 5.70. The molecule has 2 N–H and O–H groups in total. The van der Waals surface area contributed by atoms with Gasteiger partial charge in [-0.25, -0.2) is 4.79 Å². The molecule has 5 rings (SSSR count). The molecule has 3 fully saturated rings. The van der Waals surface area contributed by atoms with E-state index in [1.54, 1.807) is 11.8 Å². The van der Waals surface area contributed by atoms with Crippen molar-refractivity contribution in [3.8, 4) is 0 Å². The van der Waals surface area contributed by atoms with Crippen molar-refractivity contribution in [1.82, 2.24) is 9.88 Å². The van der Waals surface area contributed by atoms with Crippen molar-refractivity contribution in [3.63, 3.8) is 0 Å². The van der Waals surface area contributed by atoms with Gasteiger partial charge in [-0.15, -0.1) is 11.8 Å². The maximum absolute atomic E-state index is 13.1. The Balaban J connectivity index is 1.59. The van der Waals surface area contributed by atoms with Gasteiger partial charge in [0.25, 0.3) is 0 Å². The molecule has 1 aromatic heterocycles. The molecule has 0 unspecified atom stereocenters. The third-order valence-electron chi connectivity index (χ3n) is 7.74. The summed E-state index contributed by atoms with van der Waals surface area (Å²) >= 11 is 2.92. The summed E-state index contributed by atoms with van der Waals surface area (Å²) in [5.74, 6) is -2.29. The van der Waals surface area contributed by atoms with Gasteiger partial charge < -0.3 is 10.1 Å². The molecule has 4 aliphatic rings. The molecule has 1 aromatic rings. The maximum Gasteiger partial charge on any atom is 0.326 e. The molecule has 7 nitrogen and oxygen atoms in total. The van der Waals surface area contributed by atoms with E-state index in [0.29, 0.717) is 0 Å². The first-order valence-corrected chi connectivity index (χ1v) is 11.4. The number of carbonyl (C=O) groups excluding carboxylic acids is 2. The van der Waals surface area contributed by atoms with E-state index in [-0.39, 0.29) is 45.1 Å². The number of aliphatic carboxylic acids is 1. The number of carboxylic acid groups (broad SMARTS) is 1. The number of rotatable bonds is 3. The molecule has 3 heterocycles. The highest BCUT2D eigenvalue weighted by molar-refractivity contribution is 8.00. The lowest BCUT2D eigenvalue weighted by Crippen LogP contribution is -2.49. The number of carboxylic acids is 1. The van der Waals surface area contributed by atoms with Crippen LogP contribution in [0, 0.1) is 29.6 Å². The van der Waals surface area contributed by atoms with Crippen molar-refractivity contribution in [2.24, 2.45) is 29.6 Å². The fourth-order valence-electron chi connectivity index (χ4n) is 6.41. The summed E-state index contributed by atoms with van der Waals surface area (Å²) in [6, 6.07) is -1.13. The number of aromatic amines is 1. The van der Waals surface area contributed by atoms with Crippen LogP contribution in [0.3, 0.4) is 0 Å². The highest BCUT2D eigenvalue weighted by atomic mass is 32.2. The van der Waals surface area contributed by atoms with Crippen LogP contribution in [0.2, 0.25) is 0 Å². The van der Waals surface area contributed by atoms with Crippen LogP contribution in [0.4, 0.5) is 0 Å². The van der Waals surface area contributed by atoms with Crippen molar-refractivity contribution in [2.75, 3.05) is 0 Å². The lowest BCUT2D eigenvalue weighted by Gasteiger charge is -2.48. The van der Waals surface area contributed by atoms with Crippen LogP contribution in [0.5, 0.6) is 0 Å². The summed E-state index contributed by atoms with van der Waals surface area (Å²) in [6.07, 6.45) is 1.69. The van der Waals surface area contributed by atoms with Gasteiger partial charge in [-0.2, -0.15) is 0 Å². The van der Waals surface area contributed by atoms with E-state index >= 15 is 0 Å². The van der Waals surface area contributed by atoms with E-state index in [1.165, 1.54) is 18.3 Å². The van der Waals surface area contributed by atoms with E-state index in [4.69, 9.17) is 0 Å². The Labute approximate surface area is 169 Å². The van der Waals surface area contributed by atoms with Gasteiger partial charge in [0.15, 0.2) is 0 Å². The number of thioether (sulfide) groups is 1. The summed E-state index contributed by atoms with van der Waals surface area (Å²) in [5.41, 5.74) is -0.214. The van der Waals surface area contributed by atoms with Crippen molar-refractivity contribution in [1.29, 1.82) is 0 Å². The fraction of sp³-hybridized carbons (Fsp3) is 0.684. The number of imide groups is 1. The average molecular weight is 423 g/mol. The van der Waals surface area contributed by atoms with Crippen molar-refractivity contribution in [3.05, 3.63) is 14.5 Å². The largest absolute Gasteiger partial charge is 0.480 e. The van der Waals surface area contributed by atoms with E-state index in [1.807, 2.05) is 0 Å². The molecule has 1 saturated heterocycles. The molecule has 2 aliphatic heterocycles. The predicted molar refractivity (Wildman–Crippen MR) is 103 cm³/mol. The van der Waals surface area contributed by atoms with Gasteiger partial charge in [0, 0.05) is 15.5 Å². The van der Waals surface area contributed by atoms with Gasteiger partial charge in [0.2, 0.25) is 11.8 Å². The monoisotopic (exact) mass is 422 g/mol. The number of H-pyrrole nitrogens is 1. The smallest absolute Gasteiger partial charge is 0.326 e. The predicted octanol–water partition coefficient (Wildman–Crippen LogP) is 1.92. The topological polar surface area (TPSA) is 108 Å². The molecule has 28 heavy (non-hydrogen) atoms. The van der Waals surface area contributed by atoms with Gasteiger partial charge in [0.1, 0.15) is 6.04 Å². The summed E-state index contributed by atoms with van der Waals surface area (Å²) < 4.78 is 0. The SMILES string of the molecule is CC[C@@]1(C)c2sc(=O)[nH]c2S[C@@H]2[C@@H]3C[C@@H]([C@@H]4C(=O)N([C@@H](C)C(=O)O)C(=O)[C@@H]34)[C@@H]21. The second-order valence-corrected chi connectivity index (χ2v) is 10.9. The number of amides is 2. The lowest BCUT2D eigenvalue weighted by molar-refractivity contribution is -0.154. The van der Waals surface area contributed by atoms with Gasteiger partial charge in [0.05, 0.1) is 16.9 Å². The Morgan fingerprint density at radius 2 is 1.93 bits per heavy atom. The van der Waals surface area contributed by atoms with Crippen LogP contribution < -0.4 is 4.87 Å². The molecule has 0 radical (unpaired) electrons. The number of thiazole rings is 1. The molecule has 9 heteroatoms. The Kier molecular flexibility index (Phi) is 3.76. The number of nitrogens with zero attached hydrogens (tertiary/aromatic N) is 1. The first-order chi connectivity index (χ1) is 13.2. The molecule has 2 amide bonds. The van der Waals surface area contributed by atoms with Crippen molar-refractivity contribution in [2.45, 2.75) is 55.3 Å². The first-order valence-electron chi connectivity index (χ1n) is 9.70. The lowest BCUT2D eigenvalue weighted by atomic mass is 9.62. The van der Waals surface area contributed by atoms with Gasteiger partial charge in [-0.05, 0) is 37.5 Å². The van der Waals surface area contributed by atoms with Crippen LogP contribution in [0.1, 0.15) is 38.5 Å². The minimum Gasteiger partial charge on any atom is -0.480 e. The van der Waals surface area contributed by atoms with Gasteiger partial charge in [-0.1, -0.05) is 25.2 Å². The van der Waals surface area contributed by atoms with Crippen LogP contribution in [-0.2, 0) is 19.8 Å². The Morgan fingerprint density at radius 1 is 1.29 bits per heavy atom. The standard InChI is InChI=1S/C19H22N2O5S2/c1-4-19(3)11-7-5-8(12(11)27-14-13(19)28-18(26)20-14)10-9(7)15(22)21(16(10)23)6(2)17(24)25/h6-12H,4-5H2,1-3H3,(H,20,26)(H,24,25)/t6-,7-,8+,9-,10-,11-,12+,19+/m0/s1. The molecule has 8 atom stereocenters. The fourth-order valence-corrected chi connectivity index (χ4v) is 9.60. The summed E-state index contributed by atoms with van der Waals surface area (Å²) in [5, 5.41) is 10.4. The highest BCUT2D eigenvalue weighted by Gasteiger charge is 2.71. The molecular formula is C19H22N2O5S2. The third kappa shape index (κ3) is 2.01. The Morgan fingerprint density at radius 3 is 2.54 bits per heavy atom. The number of aromatic nitrogens is 1. The zero-order chi connectivity index (χ0) is 20.1. The quantitative estimate of drug-likeness (QED) is 0.721. The first kappa shape index (κ1) is 18.4. The molecule has 0 spiro atoms. The molecule has 0 aromatic carbocycles. The van der Waals surface area contributed by atoms with Crippen LogP contribution >= 0.6 is 23.1 Å². The van der Waals surface area contributed by atoms with E-state index in [9.17, 15) is 24.3 Å². The van der Waals surface area contributed by atoms with Crippen LogP contribution in [0.25, 0.3) is 0 Å². The third-order valence-corrected chi connectivity index (χ3v) is 10.5. The van der Waals surface area contributed by atoms with E-state index in [2.05, 4.69) is 18.8 Å². The van der Waals surface area contributed by atoms with Crippen LogP contribution in [0.15, 0.2) is 9.82 Å². The molecule has 2 aliphatic carbocycles.